The minimum atomic E-state index is -0.753. The van der Waals surface area contributed by atoms with E-state index in [0.717, 1.165) is 19.3 Å². The van der Waals surface area contributed by atoms with Gasteiger partial charge in [-0.15, -0.1) is 0 Å². The number of carbonyl (C=O) groups excluding carboxylic acids is 1. The Labute approximate surface area is 170 Å². The van der Waals surface area contributed by atoms with Crippen molar-refractivity contribution in [2.75, 3.05) is 20.2 Å². The normalized spacial score (nSPS) is 15.6. The summed E-state index contributed by atoms with van der Waals surface area (Å²) in [5, 5.41) is 11.0. The summed E-state index contributed by atoms with van der Waals surface area (Å²) in [5.74, 6) is 1.00. The summed E-state index contributed by atoms with van der Waals surface area (Å²) < 4.78 is 10.9. The molecule has 1 saturated heterocycles. The minimum absolute atomic E-state index is 0.109. The van der Waals surface area contributed by atoms with Crippen LogP contribution in [-0.4, -0.2) is 42.0 Å². The van der Waals surface area contributed by atoms with Crippen LogP contribution >= 0.6 is 0 Å². The molecule has 7 heteroatoms. The smallest absolute Gasteiger partial charge is 0.273 e. The maximum Gasteiger partial charge on any atom is 0.273 e. The molecule has 0 aliphatic carbocycles. The van der Waals surface area contributed by atoms with E-state index in [1.807, 2.05) is 11.0 Å². The van der Waals surface area contributed by atoms with E-state index in [-0.39, 0.29) is 17.3 Å². The molecule has 1 aliphatic heterocycles. The second-order valence-electron chi connectivity index (χ2n) is 7.31. The monoisotopic (exact) mass is 398 g/mol. The van der Waals surface area contributed by atoms with E-state index in [1.54, 1.807) is 6.92 Å². The average molecular weight is 398 g/mol. The van der Waals surface area contributed by atoms with Gasteiger partial charge in [-0.3, -0.25) is 14.9 Å². The SMILES string of the molecule is COc1ccc([N+](=O)[O-])cc1OC(C)C(=O)N1CCC(Cc2ccccc2)CC1. The van der Waals surface area contributed by atoms with Gasteiger partial charge in [-0.05, 0) is 43.7 Å². The molecule has 2 aromatic carbocycles. The van der Waals surface area contributed by atoms with Crippen LogP contribution in [0, 0.1) is 16.0 Å². The van der Waals surface area contributed by atoms with E-state index in [4.69, 9.17) is 9.47 Å². The number of methoxy groups -OCH3 is 1. The van der Waals surface area contributed by atoms with Crippen LogP contribution in [0.3, 0.4) is 0 Å². The number of carbonyl (C=O) groups is 1. The largest absolute Gasteiger partial charge is 0.493 e. The zero-order chi connectivity index (χ0) is 20.8. The van der Waals surface area contributed by atoms with Crippen LogP contribution in [0.4, 0.5) is 5.69 Å². The van der Waals surface area contributed by atoms with Gasteiger partial charge in [-0.25, -0.2) is 0 Å². The van der Waals surface area contributed by atoms with Crippen molar-refractivity contribution in [1.82, 2.24) is 4.90 Å². The molecule has 0 N–H and O–H groups in total. The average Bonchev–Trinajstić information content (AvgIpc) is 2.74. The van der Waals surface area contributed by atoms with Gasteiger partial charge in [0.1, 0.15) is 0 Å². The van der Waals surface area contributed by atoms with Crippen LogP contribution in [0.15, 0.2) is 48.5 Å². The highest BCUT2D eigenvalue weighted by molar-refractivity contribution is 5.81. The first-order valence-corrected chi connectivity index (χ1v) is 9.79. The van der Waals surface area contributed by atoms with Crippen LogP contribution < -0.4 is 9.47 Å². The number of hydrogen-bond acceptors (Lipinski definition) is 5. The summed E-state index contributed by atoms with van der Waals surface area (Å²) in [5.41, 5.74) is 1.22. The first kappa shape index (κ1) is 20.6. The molecule has 154 valence electrons. The second kappa shape index (κ2) is 9.41. The molecule has 0 aromatic heterocycles. The van der Waals surface area contributed by atoms with Crippen molar-refractivity contribution in [3.8, 4) is 11.5 Å². The van der Waals surface area contributed by atoms with Gasteiger partial charge in [0.05, 0.1) is 18.1 Å². The molecule has 2 aromatic rings. The number of rotatable bonds is 7. The zero-order valence-corrected chi connectivity index (χ0v) is 16.7. The maximum atomic E-state index is 12.8. The molecule has 29 heavy (non-hydrogen) atoms. The Morgan fingerprint density at radius 3 is 2.48 bits per heavy atom. The summed E-state index contributed by atoms with van der Waals surface area (Å²) in [4.78, 5) is 25.1. The van der Waals surface area contributed by atoms with E-state index in [9.17, 15) is 14.9 Å². The Kier molecular flexibility index (Phi) is 6.69. The number of nitrogens with zero attached hydrogens (tertiary/aromatic N) is 2. The molecule has 7 nitrogen and oxygen atoms in total. The molecule has 1 heterocycles. The fraction of sp³-hybridized carbons (Fsp3) is 0.409. The van der Waals surface area contributed by atoms with Gasteiger partial charge in [0, 0.05) is 19.2 Å². The minimum Gasteiger partial charge on any atom is -0.493 e. The molecule has 1 unspecified atom stereocenters. The molecule has 1 amide bonds. The summed E-state index contributed by atoms with van der Waals surface area (Å²) in [7, 11) is 1.46. The fourth-order valence-electron chi connectivity index (χ4n) is 3.67. The van der Waals surface area contributed by atoms with Gasteiger partial charge in [0.25, 0.3) is 11.6 Å². The molecule has 0 bridgehead atoms. The highest BCUT2D eigenvalue weighted by atomic mass is 16.6. The fourth-order valence-corrected chi connectivity index (χ4v) is 3.67. The predicted octanol–water partition coefficient (Wildman–Crippen LogP) is 3.85. The van der Waals surface area contributed by atoms with Crippen molar-refractivity contribution in [3.05, 3.63) is 64.2 Å². The number of amides is 1. The quantitative estimate of drug-likeness (QED) is 0.523. The van der Waals surface area contributed by atoms with Gasteiger partial charge < -0.3 is 14.4 Å². The molecule has 0 saturated carbocycles. The van der Waals surface area contributed by atoms with Crippen LogP contribution in [0.1, 0.15) is 25.3 Å². The topological polar surface area (TPSA) is 81.9 Å². The molecular formula is C22H26N2O5. The summed E-state index contributed by atoms with van der Waals surface area (Å²) in [6, 6.07) is 14.5. The number of piperidine rings is 1. The van der Waals surface area contributed by atoms with Crippen molar-refractivity contribution < 1.29 is 19.2 Å². The van der Waals surface area contributed by atoms with Crippen molar-refractivity contribution in [2.24, 2.45) is 5.92 Å². The third-order valence-electron chi connectivity index (χ3n) is 5.30. The third-order valence-corrected chi connectivity index (χ3v) is 5.30. The lowest BCUT2D eigenvalue weighted by molar-refractivity contribution is -0.385. The highest BCUT2D eigenvalue weighted by Gasteiger charge is 2.28. The molecular weight excluding hydrogens is 372 g/mol. The standard InChI is InChI=1S/C22H26N2O5/c1-16(29-21-15-19(24(26)27)8-9-20(21)28-2)22(25)23-12-10-18(11-13-23)14-17-6-4-3-5-7-17/h3-9,15-16,18H,10-14H2,1-2H3. The molecule has 0 spiro atoms. The summed E-state index contributed by atoms with van der Waals surface area (Å²) in [6.45, 7) is 3.04. The second-order valence-corrected chi connectivity index (χ2v) is 7.31. The van der Waals surface area contributed by atoms with Gasteiger partial charge in [0.15, 0.2) is 17.6 Å². The van der Waals surface area contributed by atoms with E-state index >= 15 is 0 Å². The Balaban J connectivity index is 1.57. The Bertz CT molecular complexity index is 848. The number of nitro benzene ring substituents is 1. The predicted molar refractivity (Wildman–Crippen MR) is 109 cm³/mol. The Morgan fingerprint density at radius 2 is 1.86 bits per heavy atom. The van der Waals surface area contributed by atoms with Gasteiger partial charge in [-0.1, -0.05) is 30.3 Å². The number of ether oxygens (including phenoxy) is 2. The van der Waals surface area contributed by atoms with Crippen molar-refractivity contribution in [1.29, 1.82) is 0 Å². The first-order valence-electron chi connectivity index (χ1n) is 9.79. The maximum absolute atomic E-state index is 12.8. The Morgan fingerprint density at radius 1 is 1.17 bits per heavy atom. The van der Waals surface area contributed by atoms with E-state index in [2.05, 4.69) is 24.3 Å². The molecule has 1 atom stereocenters. The van der Waals surface area contributed by atoms with Crippen molar-refractivity contribution in [2.45, 2.75) is 32.3 Å². The Hall–Kier alpha value is -3.09. The van der Waals surface area contributed by atoms with Crippen LogP contribution in [0.25, 0.3) is 0 Å². The third kappa shape index (κ3) is 5.25. The molecule has 1 fully saturated rings. The van der Waals surface area contributed by atoms with Gasteiger partial charge >= 0.3 is 0 Å². The van der Waals surface area contributed by atoms with E-state index in [0.29, 0.717) is 24.8 Å². The van der Waals surface area contributed by atoms with Crippen molar-refractivity contribution in [3.63, 3.8) is 0 Å². The van der Waals surface area contributed by atoms with Crippen LogP contribution in [-0.2, 0) is 11.2 Å². The number of likely N-dealkylation sites (tertiary alicyclic amines) is 1. The number of nitro groups is 1. The summed E-state index contributed by atoms with van der Waals surface area (Å²) in [6.07, 6.45) is 2.18. The van der Waals surface area contributed by atoms with Crippen molar-refractivity contribution >= 4 is 11.6 Å². The highest BCUT2D eigenvalue weighted by Crippen LogP contribution is 2.32. The van der Waals surface area contributed by atoms with Gasteiger partial charge in [-0.2, -0.15) is 0 Å². The lowest BCUT2D eigenvalue weighted by Gasteiger charge is -2.33. The van der Waals surface area contributed by atoms with Crippen LogP contribution in [0.2, 0.25) is 0 Å². The molecule has 3 rings (SSSR count). The first-order chi connectivity index (χ1) is 14.0. The van der Waals surface area contributed by atoms with E-state index < -0.39 is 11.0 Å². The number of hydrogen-bond donors (Lipinski definition) is 0. The lowest BCUT2D eigenvalue weighted by Crippen LogP contribution is -2.45. The van der Waals surface area contributed by atoms with Gasteiger partial charge in [0.2, 0.25) is 0 Å². The molecule has 0 radical (unpaired) electrons. The van der Waals surface area contributed by atoms with E-state index in [1.165, 1.54) is 30.9 Å². The number of benzene rings is 2. The lowest BCUT2D eigenvalue weighted by atomic mass is 9.90. The molecule has 1 aliphatic rings. The zero-order valence-electron chi connectivity index (χ0n) is 16.7. The number of non-ortho nitro benzene ring substituents is 1. The summed E-state index contributed by atoms with van der Waals surface area (Å²) >= 11 is 0. The van der Waals surface area contributed by atoms with Crippen LogP contribution in [0.5, 0.6) is 11.5 Å².